The maximum Gasteiger partial charge on any atom is 0.337 e. The van der Waals surface area contributed by atoms with Crippen LogP contribution in [-0.4, -0.2) is 24.5 Å². The fourth-order valence-corrected chi connectivity index (χ4v) is 3.72. The minimum Gasteiger partial charge on any atom is -0.478 e. The second-order valence-electron chi connectivity index (χ2n) is 4.18. The standard InChI is InChI=1S/C13H9Cl2NO4S/c14-9-2-4-11(15)12(5-9)21(19,20)7-10-3-1-8(6-16-10)13(17)18/h1-6H,7H2,(H,17,18). The van der Waals surface area contributed by atoms with E-state index in [-0.39, 0.29) is 26.2 Å². The highest BCUT2D eigenvalue weighted by Gasteiger charge is 2.20. The lowest BCUT2D eigenvalue weighted by Gasteiger charge is -2.07. The van der Waals surface area contributed by atoms with E-state index in [0.717, 1.165) is 6.20 Å². The van der Waals surface area contributed by atoms with Crippen LogP contribution in [0.3, 0.4) is 0 Å². The number of pyridine rings is 1. The fraction of sp³-hybridized carbons (Fsp3) is 0.0769. The van der Waals surface area contributed by atoms with Crippen molar-refractivity contribution in [3.05, 3.63) is 57.8 Å². The van der Waals surface area contributed by atoms with Gasteiger partial charge in [0.25, 0.3) is 0 Å². The smallest absolute Gasteiger partial charge is 0.337 e. The van der Waals surface area contributed by atoms with Crippen molar-refractivity contribution in [2.24, 2.45) is 0 Å². The number of sulfone groups is 1. The number of hydrogen-bond acceptors (Lipinski definition) is 4. The predicted octanol–water partition coefficient (Wildman–Crippen LogP) is 3.06. The van der Waals surface area contributed by atoms with Crippen molar-refractivity contribution < 1.29 is 18.3 Å². The lowest BCUT2D eigenvalue weighted by atomic mass is 10.2. The van der Waals surface area contributed by atoms with Crippen LogP contribution >= 0.6 is 23.2 Å². The number of aromatic nitrogens is 1. The fourth-order valence-electron chi connectivity index (χ4n) is 1.62. The van der Waals surface area contributed by atoms with Gasteiger partial charge in [-0.2, -0.15) is 0 Å². The first-order valence-corrected chi connectivity index (χ1v) is 8.06. The lowest BCUT2D eigenvalue weighted by molar-refractivity contribution is 0.0696. The molecule has 0 radical (unpaired) electrons. The van der Waals surface area contributed by atoms with E-state index in [1.807, 2.05) is 0 Å². The van der Waals surface area contributed by atoms with E-state index in [1.54, 1.807) is 0 Å². The van der Waals surface area contributed by atoms with E-state index in [0.29, 0.717) is 0 Å². The summed E-state index contributed by atoms with van der Waals surface area (Å²) in [4.78, 5) is 14.5. The SMILES string of the molecule is O=C(O)c1ccc(CS(=O)(=O)c2cc(Cl)ccc2Cl)nc1. The number of carboxylic acid groups (broad SMARTS) is 1. The van der Waals surface area contributed by atoms with Gasteiger partial charge in [-0.1, -0.05) is 23.2 Å². The molecule has 2 aromatic rings. The topological polar surface area (TPSA) is 84.3 Å². The molecule has 0 saturated heterocycles. The van der Waals surface area contributed by atoms with Gasteiger partial charge in [0.05, 0.1) is 26.9 Å². The van der Waals surface area contributed by atoms with Crippen LogP contribution in [0.4, 0.5) is 0 Å². The zero-order valence-electron chi connectivity index (χ0n) is 10.5. The van der Waals surface area contributed by atoms with E-state index >= 15 is 0 Å². The Morgan fingerprint density at radius 3 is 2.48 bits per heavy atom. The van der Waals surface area contributed by atoms with Crippen LogP contribution in [0, 0.1) is 0 Å². The van der Waals surface area contributed by atoms with Crippen LogP contribution in [0.2, 0.25) is 10.0 Å². The molecule has 0 saturated carbocycles. The Morgan fingerprint density at radius 1 is 1.19 bits per heavy atom. The molecule has 1 aromatic carbocycles. The monoisotopic (exact) mass is 345 g/mol. The molecule has 0 fully saturated rings. The predicted molar refractivity (Wildman–Crippen MR) is 78.5 cm³/mol. The Hall–Kier alpha value is -1.63. The maximum absolute atomic E-state index is 12.3. The van der Waals surface area contributed by atoms with Crippen molar-refractivity contribution in [3.8, 4) is 0 Å². The van der Waals surface area contributed by atoms with Crippen molar-refractivity contribution in [2.45, 2.75) is 10.6 Å². The van der Waals surface area contributed by atoms with Crippen molar-refractivity contribution in [1.29, 1.82) is 0 Å². The molecule has 1 heterocycles. The zero-order valence-corrected chi connectivity index (χ0v) is 12.8. The quantitative estimate of drug-likeness (QED) is 0.920. The zero-order chi connectivity index (χ0) is 15.6. The third-order valence-corrected chi connectivity index (χ3v) is 5.00. The first-order valence-electron chi connectivity index (χ1n) is 5.65. The molecule has 2 rings (SSSR count). The molecule has 0 unspecified atom stereocenters. The Balaban J connectivity index is 2.33. The van der Waals surface area contributed by atoms with Crippen LogP contribution in [0.1, 0.15) is 16.1 Å². The van der Waals surface area contributed by atoms with Gasteiger partial charge in [0.15, 0.2) is 9.84 Å². The van der Waals surface area contributed by atoms with Gasteiger partial charge >= 0.3 is 5.97 Å². The lowest BCUT2D eigenvalue weighted by Crippen LogP contribution is -2.08. The highest BCUT2D eigenvalue weighted by atomic mass is 35.5. The van der Waals surface area contributed by atoms with Gasteiger partial charge in [0, 0.05) is 11.2 Å². The highest BCUT2D eigenvalue weighted by molar-refractivity contribution is 7.90. The molecule has 8 heteroatoms. The summed E-state index contributed by atoms with van der Waals surface area (Å²) in [6.07, 6.45) is 1.10. The summed E-state index contributed by atoms with van der Waals surface area (Å²) >= 11 is 11.7. The number of carboxylic acids is 1. The van der Waals surface area contributed by atoms with Crippen LogP contribution < -0.4 is 0 Å². The summed E-state index contributed by atoms with van der Waals surface area (Å²) in [6.45, 7) is 0. The Bertz CT molecular complexity index is 788. The average Bonchev–Trinajstić information content (AvgIpc) is 2.41. The molecule has 1 aromatic heterocycles. The van der Waals surface area contributed by atoms with Gasteiger partial charge in [0.2, 0.25) is 0 Å². The third-order valence-electron chi connectivity index (χ3n) is 2.64. The van der Waals surface area contributed by atoms with Crippen molar-refractivity contribution in [3.63, 3.8) is 0 Å². The van der Waals surface area contributed by atoms with Crippen molar-refractivity contribution in [1.82, 2.24) is 4.98 Å². The van der Waals surface area contributed by atoms with Crippen LogP contribution in [0.15, 0.2) is 41.4 Å². The second kappa shape index (κ2) is 6.01. The molecule has 0 atom stereocenters. The minimum absolute atomic E-state index is 0.0167. The molecular weight excluding hydrogens is 337 g/mol. The van der Waals surface area contributed by atoms with E-state index in [9.17, 15) is 13.2 Å². The van der Waals surface area contributed by atoms with Crippen LogP contribution in [0.5, 0.6) is 0 Å². The Kier molecular flexibility index (Phi) is 4.51. The largest absolute Gasteiger partial charge is 0.478 e. The molecule has 0 aliphatic carbocycles. The van der Waals surface area contributed by atoms with Gasteiger partial charge in [-0.05, 0) is 30.3 Å². The number of hydrogen-bond donors (Lipinski definition) is 1. The molecule has 0 aliphatic heterocycles. The minimum atomic E-state index is -3.73. The van der Waals surface area contributed by atoms with E-state index in [2.05, 4.69) is 4.98 Å². The molecule has 21 heavy (non-hydrogen) atoms. The number of benzene rings is 1. The van der Waals surface area contributed by atoms with Gasteiger partial charge in [-0.25, -0.2) is 13.2 Å². The van der Waals surface area contributed by atoms with E-state index in [1.165, 1.54) is 30.3 Å². The van der Waals surface area contributed by atoms with Crippen molar-refractivity contribution in [2.75, 3.05) is 0 Å². The molecule has 0 aliphatic rings. The van der Waals surface area contributed by atoms with Gasteiger partial charge in [0.1, 0.15) is 0 Å². The first-order chi connectivity index (χ1) is 9.79. The van der Waals surface area contributed by atoms with Crippen molar-refractivity contribution >= 4 is 39.0 Å². The van der Waals surface area contributed by atoms with Gasteiger partial charge < -0.3 is 5.11 Å². The number of rotatable bonds is 4. The number of halogens is 2. The number of nitrogens with zero attached hydrogens (tertiary/aromatic N) is 1. The summed E-state index contributed by atoms with van der Waals surface area (Å²) in [5.41, 5.74) is 0.202. The molecule has 0 spiro atoms. The molecular formula is C13H9Cl2NO4S. The summed E-state index contributed by atoms with van der Waals surface area (Å²) in [6, 6.07) is 6.80. The molecule has 0 amide bonds. The number of aromatic carboxylic acids is 1. The first kappa shape index (κ1) is 15.8. The maximum atomic E-state index is 12.3. The van der Waals surface area contributed by atoms with Gasteiger partial charge in [-0.15, -0.1) is 0 Å². The Labute approximate surface area is 131 Å². The summed E-state index contributed by atoms with van der Waals surface area (Å²) < 4.78 is 24.6. The second-order valence-corrected chi connectivity index (χ2v) is 6.98. The van der Waals surface area contributed by atoms with E-state index < -0.39 is 21.6 Å². The van der Waals surface area contributed by atoms with Gasteiger partial charge in [-0.3, -0.25) is 4.98 Å². The van der Waals surface area contributed by atoms with Crippen LogP contribution in [0.25, 0.3) is 0 Å². The summed E-state index contributed by atoms with van der Waals surface area (Å²) in [5, 5.41) is 9.09. The third kappa shape index (κ3) is 3.72. The molecule has 5 nitrogen and oxygen atoms in total. The van der Waals surface area contributed by atoms with E-state index in [4.69, 9.17) is 28.3 Å². The molecule has 1 N–H and O–H groups in total. The Morgan fingerprint density at radius 2 is 1.90 bits per heavy atom. The summed E-state index contributed by atoms with van der Waals surface area (Å²) in [5.74, 6) is -1.53. The molecule has 0 bridgehead atoms. The average molecular weight is 346 g/mol. The number of carbonyl (C=O) groups is 1. The summed E-state index contributed by atoms with van der Waals surface area (Å²) in [7, 11) is -3.73. The highest BCUT2D eigenvalue weighted by Crippen LogP contribution is 2.27. The molecule has 110 valence electrons. The van der Waals surface area contributed by atoms with Crippen LogP contribution in [-0.2, 0) is 15.6 Å². The normalized spacial score (nSPS) is 11.3.